The van der Waals surface area contributed by atoms with E-state index in [9.17, 15) is 4.79 Å². The van der Waals surface area contributed by atoms with E-state index in [0.717, 1.165) is 11.5 Å². The summed E-state index contributed by atoms with van der Waals surface area (Å²) in [4.78, 5) is 15.1. The van der Waals surface area contributed by atoms with E-state index in [4.69, 9.17) is 0 Å². The van der Waals surface area contributed by atoms with Crippen molar-refractivity contribution in [1.29, 1.82) is 0 Å². The second kappa shape index (κ2) is 4.44. The molecule has 0 aliphatic carbocycles. The van der Waals surface area contributed by atoms with Crippen molar-refractivity contribution in [2.45, 2.75) is 19.2 Å². The molecule has 2 aromatic heterocycles. The maximum Gasteiger partial charge on any atom is 0.239 e. The summed E-state index contributed by atoms with van der Waals surface area (Å²) in [7, 11) is 0. The summed E-state index contributed by atoms with van der Waals surface area (Å²) in [6, 6.07) is 4.01. The normalized spacial score (nSPS) is 19.8. The van der Waals surface area contributed by atoms with Crippen LogP contribution in [0.15, 0.2) is 17.5 Å². The lowest BCUT2D eigenvalue weighted by molar-refractivity contribution is -0.115. The van der Waals surface area contributed by atoms with Gasteiger partial charge in [-0.05, 0) is 30.9 Å². The molecule has 2 aromatic rings. The smallest absolute Gasteiger partial charge is 0.239 e. The van der Waals surface area contributed by atoms with Gasteiger partial charge in [-0.2, -0.15) is 5.10 Å². The SMILES string of the molecule is Cc1cc(N2C(=O)CSC2c2sccc2C)n[nH]1. The maximum absolute atomic E-state index is 12.1. The largest absolute Gasteiger partial charge is 0.281 e. The summed E-state index contributed by atoms with van der Waals surface area (Å²) >= 11 is 3.37. The van der Waals surface area contributed by atoms with Crippen LogP contribution in [0.1, 0.15) is 21.5 Å². The Hall–Kier alpha value is -1.27. The molecule has 6 heteroatoms. The van der Waals surface area contributed by atoms with Crippen molar-refractivity contribution in [2.24, 2.45) is 0 Å². The van der Waals surface area contributed by atoms with Gasteiger partial charge in [-0.15, -0.1) is 23.1 Å². The van der Waals surface area contributed by atoms with Gasteiger partial charge in [0.05, 0.1) is 5.75 Å². The first-order valence-electron chi connectivity index (χ1n) is 5.66. The maximum atomic E-state index is 12.1. The Morgan fingerprint density at radius 3 is 2.94 bits per heavy atom. The minimum absolute atomic E-state index is 0.0696. The van der Waals surface area contributed by atoms with Gasteiger partial charge in [0, 0.05) is 16.6 Å². The molecular formula is C12H13N3OS2. The van der Waals surface area contributed by atoms with Crippen LogP contribution in [0.5, 0.6) is 0 Å². The molecule has 94 valence electrons. The molecule has 1 amide bonds. The number of hydrogen-bond donors (Lipinski definition) is 1. The number of amides is 1. The lowest BCUT2D eigenvalue weighted by Gasteiger charge is -2.21. The number of thiophene rings is 1. The Balaban J connectivity index is 2.00. The van der Waals surface area contributed by atoms with Crippen LogP contribution in [-0.2, 0) is 4.79 Å². The van der Waals surface area contributed by atoms with Crippen molar-refractivity contribution >= 4 is 34.8 Å². The van der Waals surface area contributed by atoms with Crippen LogP contribution in [0.2, 0.25) is 0 Å². The topological polar surface area (TPSA) is 49.0 Å². The molecule has 4 nitrogen and oxygen atoms in total. The molecule has 1 N–H and O–H groups in total. The number of anilines is 1. The summed E-state index contributed by atoms with van der Waals surface area (Å²) in [6.07, 6.45) is 0. The molecule has 1 fully saturated rings. The zero-order valence-corrected chi connectivity index (χ0v) is 11.8. The highest BCUT2D eigenvalue weighted by Gasteiger charge is 2.36. The zero-order valence-electron chi connectivity index (χ0n) is 10.1. The first-order chi connectivity index (χ1) is 8.66. The summed E-state index contributed by atoms with van der Waals surface area (Å²) in [5.74, 6) is 1.37. The number of aromatic amines is 1. The summed E-state index contributed by atoms with van der Waals surface area (Å²) in [5, 5.41) is 9.25. The molecule has 3 rings (SSSR count). The Morgan fingerprint density at radius 1 is 1.50 bits per heavy atom. The number of nitrogens with one attached hydrogen (secondary N) is 1. The number of H-pyrrole nitrogens is 1. The van der Waals surface area contributed by atoms with Gasteiger partial charge in [0.25, 0.3) is 0 Å². The van der Waals surface area contributed by atoms with Crippen molar-refractivity contribution in [3.8, 4) is 0 Å². The van der Waals surface area contributed by atoms with Crippen LogP contribution >= 0.6 is 23.1 Å². The molecule has 18 heavy (non-hydrogen) atoms. The predicted octanol–water partition coefficient (Wildman–Crippen LogP) is 2.87. The van der Waals surface area contributed by atoms with E-state index >= 15 is 0 Å². The van der Waals surface area contributed by atoms with E-state index in [2.05, 4.69) is 28.6 Å². The summed E-state index contributed by atoms with van der Waals surface area (Å²) < 4.78 is 0. The van der Waals surface area contributed by atoms with E-state index in [-0.39, 0.29) is 11.3 Å². The fourth-order valence-electron chi connectivity index (χ4n) is 2.03. The van der Waals surface area contributed by atoms with E-state index in [1.165, 1.54) is 10.4 Å². The van der Waals surface area contributed by atoms with Crippen molar-refractivity contribution in [1.82, 2.24) is 10.2 Å². The highest BCUT2D eigenvalue weighted by Crippen LogP contribution is 2.44. The molecular weight excluding hydrogens is 266 g/mol. The van der Waals surface area contributed by atoms with Crippen LogP contribution in [0.3, 0.4) is 0 Å². The third-order valence-electron chi connectivity index (χ3n) is 2.93. The summed E-state index contributed by atoms with van der Waals surface area (Å²) in [6.45, 7) is 4.03. The lowest BCUT2D eigenvalue weighted by atomic mass is 10.2. The molecule has 1 unspecified atom stereocenters. The highest BCUT2D eigenvalue weighted by atomic mass is 32.2. The molecule has 0 spiro atoms. The number of hydrogen-bond acceptors (Lipinski definition) is 4. The number of rotatable bonds is 2. The molecule has 0 radical (unpaired) electrons. The Bertz CT molecular complexity index is 590. The summed E-state index contributed by atoms with van der Waals surface area (Å²) in [5.41, 5.74) is 2.21. The molecule has 0 saturated carbocycles. The molecule has 0 aromatic carbocycles. The third-order valence-corrected chi connectivity index (χ3v) is 5.33. The van der Waals surface area contributed by atoms with Crippen molar-refractivity contribution in [3.63, 3.8) is 0 Å². The van der Waals surface area contributed by atoms with Crippen LogP contribution in [0.4, 0.5) is 5.82 Å². The first kappa shape index (κ1) is 11.8. The molecule has 3 heterocycles. The zero-order chi connectivity index (χ0) is 12.7. The number of carbonyl (C=O) groups is 1. The Morgan fingerprint density at radius 2 is 2.33 bits per heavy atom. The van der Waals surface area contributed by atoms with Crippen molar-refractivity contribution < 1.29 is 4.79 Å². The van der Waals surface area contributed by atoms with Gasteiger partial charge in [0.2, 0.25) is 5.91 Å². The van der Waals surface area contributed by atoms with Gasteiger partial charge in [-0.1, -0.05) is 0 Å². The van der Waals surface area contributed by atoms with Crippen molar-refractivity contribution in [3.05, 3.63) is 33.6 Å². The fourth-order valence-corrected chi connectivity index (χ4v) is 4.45. The number of carbonyl (C=O) groups excluding carboxylic acids is 1. The lowest BCUT2D eigenvalue weighted by Crippen LogP contribution is -2.28. The highest BCUT2D eigenvalue weighted by molar-refractivity contribution is 8.01. The average Bonchev–Trinajstić information content (AvgIpc) is 3.00. The van der Waals surface area contributed by atoms with Gasteiger partial charge >= 0.3 is 0 Å². The second-order valence-electron chi connectivity index (χ2n) is 4.30. The van der Waals surface area contributed by atoms with Crippen LogP contribution in [0, 0.1) is 13.8 Å². The van der Waals surface area contributed by atoms with Gasteiger partial charge in [-0.3, -0.25) is 14.8 Å². The van der Waals surface area contributed by atoms with Gasteiger partial charge in [0.15, 0.2) is 5.82 Å². The van der Waals surface area contributed by atoms with Gasteiger partial charge in [0.1, 0.15) is 5.37 Å². The molecule has 1 aliphatic rings. The van der Waals surface area contributed by atoms with E-state index in [1.807, 2.05) is 13.0 Å². The van der Waals surface area contributed by atoms with E-state index in [1.54, 1.807) is 28.0 Å². The minimum atomic E-state index is 0.0696. The molecule has 1 atom stereocenters. The Kier molecular flexibility index (Phi) is 2.91. The monoisotopic (exact) mass is 279 g/mol. The standard InChI is InChI=1S/C12H13N3OS2/c1-7-3-4-17-11(7)12-15(10(16)6-18-12)9-5-8(2)13-14-9/h3-5,12H,6H2,1-2H3,(H,13,14). The number of aromatic nitrogens is 2. The van der Waals surface area contributed by atoms with Crippen molar-refractivity contribution in [2.75, 3.05) is 10.7 Å². The average molecular weight is 279 g/mol. The van der Waals surface area contributed by atoms with Crippen LogP contribution < -0.4 is 4.90 Å². The van der Waals surface area contributed by atoms with Crippen LogP contribution in [-0.4, -0.2) is 21.9 Å². The van der Waals surface area contributed by atoms with Gasteiger partial charge in [-0.25, -0.2) is 0 Å². The van der Waals surface area contributed by atoms with E-state index in [0.29, 0.717) is 5.75 Å². The molecule has 1 aliphatic heterocycles. The Labute approximate surface area is 113 Å². The van der Waals surface area contributed by atoms with E-state index < -0.39 is 0 Å². The minimum Gasteiger partial charge on any atom is -0.281 e. The molecule has 1 saturated heterocycles. The predicted molar refractivity (Wildman–Crippen MR) is 75.1 cm³/mol. The van der Waals surface area contributed by atoms with Crippen LogP contribution in [0.25, 0.3) is 0 Å². The molecule has 0 bridgehead atoms. The first-order valence-corrected chi connectivity index (χ1v) is 7.59. The fraction of sp³-hybridized carbons (Fsp3) is 0.333. The number of nitrogens with zero attached hydrogens (tertiary/aromatic N) is 2. The second-order valence-corrected chi connectivity index (χ2v) is 6.32. The third kappa shape index (κ3) is 1.85. The number of thioether (sulfide) groups is 1. The number of aryl methyl sites for hydroxylation is 2. The van der Waals surface area contributed by atoms with Gasteiger partial charge < -0.3 is 0 Å². The quantitative estimate of drug-likeness (QED) is 0.919.